The molecule has 0 heterocycles. The van der Waals surface area contributed by atoms with Crippen LogP contribution in [0, 0.1) is 0 Å². The third-order valence-corrected chi connectivity index (χ3v) is 29.0. The van der Waals surface area contributed by atoms with Gasteiger partial charge in [0, 0.05) is 4.79 Å². The third-order valence-electron chi connectivity index (χ3n) is 3.69. The van der Waals surface area contributed by atoms with E-state index >= 15 is 0 Å². The SMILES string of the molecule is Cl[Si](Cl)(Cl)C([Si](Cl)(Cl)/C=C/c1ccccc1)[Si](Cl)(Cl)/C=C/c1ccccc1. The highest BCUT2D eigenvalue weighted by molar-refractivity contribution is 7.77. The fourth-order valence-corrected chi connectivity index (χ4v) is 40.5. The van der Waals surface area contributed by atoms with Crippen molar-refractivity contribution >= 4 is 109 Å². The first-order valence-corrected chi connectivity index (χ1v) is 21.3. The molecule has 144 valence electrons. The molecule has 0 amide bonds. The molecule has 2 rings (SSSR count). The van der Waals surface area contributed by atoms with Gasteiger partial charge in [0.15, 0.2) is 0 Å². The average molecular weight is 552 g/mol. The van der Waals surface area contributed by atoms with Crippen molar-refractivity contribution in [2.75, 3.05) is 0 Å². The van der Waals surface area contributed by atoms with Gasteiger partial charge in [0.25, 0.3) is 13.4 Å². The molecule has 2 aromatic carbocycles. The van der Waals surface area contributed by atoms with Crippen LogP contribution in [-0.4, -0.2) is 19.4 Å². The highest BCUT2D eigenvalue weighted by Gasteiger charge is 2.61. The summed E-state index contributed by atoms with van der Waals surface area (Å²) in [6.07, 6.45) is 3.65. The Bertz CT molecular complexity index is 726. The summed E-state index contributed by atoms with van der Waals surface area (Å²) in [5.41, 5.74) is 5.31. The molecule has 0 aliphatic carbocycles. The van der Waals surface area contributed by atoms with Gasteiger partial charge in [0.1, 0.15) is 0 Å². The number of rotatable bonds is 7. The molecule has 0 atom stereocenters. The molecule has 0 spiro atoms. The van der Waals surface area contributed by atoms with Gasteiger partial charge < -0.3 is 0 Å². The van der Waals surface area contributed by atoms with Crippen molar-refractivity contribution in [2.45, 2.75) is 4.79 Å². The molecule has 2 aromatic rings. The van der Waals surface area contributed by atoms with Crippen molar-refractivity contribution in [1.82, 2.24) is 0 Å². The highest BCUT2D eigenvalue weighted by atomic mass is 35.8. The van der Waals surface area contributed by atoms with Crippen molar-refractivity contribution in [3.63, 3.8) is 0 Å². The summed E-state index contributed by atoms with van der Waals surface area (Å²) in [5, 5.41) is 0. The van der Waals surface area contributed by atoms with Gasteiger partial charge in [-0.3, -0.25) is 0 Å². The normalized spacial score (nSPS) is 13.8. The van der Waals surface area contributed by atoms with Crippen LogP contribution < -0.4 is 0 Å². The topological polar surface area (TPSA) is 0 Å². The van der Waals surface area contributed by atoms with Gasteiger partial charge in [-0.25, -0.2) is 0 Å². The minimum Gasteiger partial charge on any atom is -0.140 e. The predicted octanol–water partition coefficient (Wildman–Crippen LogP) is 8.44. The van der Waals surface area contributed by atoms with Crippen LogP contribution in [-0.2, 0) is 0 Å². The van der Waals surface area contributed by atoms with E-state index in [1.807, 2.05) is 72.8 Å². The van der Waals surface area contributed by atoms with Crippen LogP contribution in [0.2, 0.25) is 4.79 Å². The van der Waals surface area contributed by atoms with E-state index in [4.69, 9.17) is 77.6 Å². The Morgan fingerprint density at radius 3 is 1.19 bits per heavy atom. The van der Waals surface area contributed by atoms with Crippen LogP contribution >= 0.6 is 77.6 Å². The van der Waals surface area contributed by atoms with Gasteiger partial charge in [-0.1, -0.05) is 84.2 Å². The van der Waals surface area contributed by atoms with Crippen molar-refractivity contribution in [3.05, 3.63) is 83.2 Å². The fraction of sp³-hybridized carbons (Fsp3) is 0.0588. The lowest BCUT2D eigenvalue weighted by Gasteiger charge is -2.35. The fourth-order valence-electron chi connectivity index (χ4n) is 2.43. The van der Waals surface area contributed by atoms with Gasteiger partial charge in [0.2, 0.25) is 0 Å². The standard InChI is InChI=1S/C17H15Cl7Si3/c18-25(19,13-11-15-7-3-1-4-8-15)17(27(22,23)24)26(20,21)14-12-16-9-5-2-6-10-16/h1-14,17H/b13-11+,14-12+. The van der Waals surface area contributed by atoms with E-state index in [0.717, 1.165) is 11.1 Å². The number of hydrogen-bond acceptors (Lipinski definition) is 0. The van der Waals surface area contributed by atoms with E-state index in [1.165, 1.54) is 0 Å². The molecule has 0 N–H and O–H groups in total. The maximum atomic E-state index is 6.73. The second kappa shape index (κ2) is 10.1. The number of halogens is 7. The second-order valence-electron chi connectivity index (χ2n) is 5.81. The molecule has 0 bridgehead atoms. The first-order chi connectivity index (χ1) is 12.5. The lowest BCUT2D eigenvalue weighted by atomic mass is 10.2. The van der Waals surface area contributed by atoms with Gasteiger partial charge >= 0.3 is 6.00 Å². The Balaban J connectivity index is 2.35. The van der Waals surface area contributed by atoms with Crippen LogP contribution in [0.5, 0.6) is 0 Å². The predicted molar refractivity (Wildman–Crippen MR) is 133 cm³/mol. The Morgan fingerprint density at radius 1 is 0.556 bits per heavy atom. The monoisotopic (exact) mass is 548 g/mol. The zero-order valence-electron chi connectivity index (χ0n) is 13.8. The molecule has 0 nitrogen and oxygen atoms in total. The average Bonchev–Trinajstić information content (AvgIpc) is 2.58. The van der Waals surface area contributed by atoms with Crippen LogP contribution in [0.25, 0.3) is 12.2 Å². The molecule has 0 aliphatic rings. The van der Waals surface area contributed by atoms with Crippen LogP contribution in [0.3, 0.4) is 0 Å². The molecule has 0 aliphatic heterocycles. The van der Waals surface area contributed by atoms with Crippen LogP contribution in [0.4, 0.5) is 0 Å². The molecule has 0 radical (unpaired) electrons. The van der Waals surface area contributed by atoms with Gasteiger partial charge in [0.05, 0.1) is 0 Å². The molecule has 10 heteroatoms. The first-order valence-electron chi connectivity index (χ1n) is 7.83. The van der Waals surface area contributed by atoms with Gasteiger partial charge in [-0.15, -0.1) is 77.6 Å². The molecular weight excluding hydrogens is 537 g/mol. The molecule has 0 saturated heterocycles. The largest absolute Gasteiger partial charge is 0.344 e. The maximum absolute atomic E-state index is 6.73. The zero-order chi connectivity index (χ0) is 20.1. The quantitative estimate of drug-likeness (QED) is 0.239. The van der Waals surface area contributed by atoms with E-state index in [1.54, 1.807) is 11.4 Å². The number of benzene rings is 2. The second-order valence-corrected chi connectivity index (χ2v) is 29.5. The Hall–Kier alpha value is 0.601. The minimum atomic E-state index is -3.42. The summed E-state index contributed by atoms with van der Waals surface area (Å²) in [5.74, 6) is 0. The Morgan fingerprint density at radius 2 is 0.889 bits per heavy atom. The van der Waals surface area contributed by atoms with Crippen LogP contribution in [0.1, 0.15) is 11.1 Å². The first kappa shape index (κ1) is 23.9. The van der Waals surface area contributed by atoms with Crippen molar-refractivity contribution in [2.24, 2.45) is 0 Å². The Labute approximate surface area is 195 Å². The third kappa shape index (κ3) is 7.41. The maximum Gasteiger partial charge on any atom is 0.344 e. The van der Waals surface area contributed by atoms with Gasteiger partial charge in [-0.05, 0) is 11.1 Å². The van der Waals surface area contributed by atoms with E-state index in [-0.39, 0.29) is 0 Å². The smallest absolute Gasteiger partial charge is 0.140 e. The summed E-state index contributed by atoms with van der Waals surface area (Å²) in [6, 6.07) is 15.8. The number of hydrogen-bond donors (Lipinski definition) is 0. The highest BCUT2D eigenvalue weighted by Crippen LogP contribution is 2.53. The Kier molecular flexibility index (Phi) is 8.91. The summed E-state index contributed by atoms with van der Waals surface area (Å²) in [4.78, 5) is -0.755. The molecule has 27 heavy (non-hydrogen) atoms. The molecule has 0 saturated carbocycles. The molecule has 0 aromatic heterocycles. The van der Waals surface area contributed by atoms with E-state index in [0.29, 0.717) is 0 Å². The zero-order valence-corrected chi connectivity index (χ0v) is 22.1. The lowest BCUT2D eigenvalue weighted by molar-refractivity contribution is 1.65. The van der Waals surface area contributed by atoms with Crippen molar-refractivity contribution in [3.8, 4) is 0 Å². The van der Waals surface area contributed by atoms with E-state index in [9.17, 15) is 0 Å². The summed E-state index contributed by atoms with van der Waals surface area (Å²) in [6.45, 7) is -6.50. The van der Waals surface area contributed by atoms with Gasteiger partial charge in [-0.2, -0.15) is 0 Å². The lowest BCUT2D eigenvalue weighted by Crippen LogP contribution is -2.49. The summed E-state index contributed by atoms with van der Waals surface area (Å²) < 4.78 is 0. The minimum absolute atomic E-state index is 0.755. The molecule has 0 fully saturated rings. The van der Waals surface area contributed by atoms with Crippen molar-refractivity contribution < 1.29 is 0 Å². The summed E-state index contributed by atoms with van der Waals surface area (Å²) >= 11 is 46.0. The van der Waals surface area contributed by atoms with E-state index in [2.05, 4.69) is 0 Å². The summed E-state index contributed by atoms with van der Waals surface area (Å²) in [7, 11) is 0. The molecule has 0 unspecified atom stereocenters. The molecular formula is C17H15Cl7Si3. The van der Waals surface area contributed by atoms with E-state index < -0.39 is 24.2 Å². The van der Waals surface area contributed by atoms with Crippen LogP contribution in [0.15, 0.2) is 72.1 Å². The van der Waals surface area contributed by atoms with Crippen molar-refractivity contribution in [1.29, 1.82) is 0 Å².